The Morgan fingerprint density at radius 2 is 1.92 bits per heavy atom. The highest BCUT2D eigenvalue weighted by atomic mass is 35.5. The molecule has 2 aromatic carbocycles. The van der Waals surface area contributed by atoms with Gasteiger partial charge in [0.05, 0.1) is 23.5 Å². The molecule has 1 fully saturated rings. The fourth-order valence-electron chi connectivity index (χ4n) is 4.42. The number of ether oxygens (including phenoxy) is 1. The van der Waals surface area contributed by atoms with Crippen LogP contribution in [0.4, 0.5) is 27.4 Å². The molecule has 2 aliphatic heterocycles. The number of hydrogen-bond acceptors (Lipinski definition) is 8. The molecule has 3 aromatic rings. The van der Waals surface area contributed by atoms with E-state index in [-0.39, 0.29) is 10.9 Å². The molecular weight excluding hydrogens is 520 g/mol. The van der Waals surface area contributed by atoms with E-state index in [0.717, 1.165) is 18.8 Å². The van der Waals surface area contributed by atoms with Crippen molar-refractivity contribution in [2.24, 2.45) is 0 Å². The number of rotatable bonds is 6. The van der Waals surface area contributed by atoms with Gasteiger partial charge < -0.3 is 30.5 Å². The molecule has 3 N–H and O–H groups in total. The molecule has 0 radical (unpaired) electrons. The van der Waals surface area contributed by atoms with Crippen LogP contribution in [0.3, 0.4) is 0 Å². The first-order valence-electron chi connectivity index (χ1n) is 11.9. The number of anilines is 4. The molecule has 0 bridgehead atoms. The van der Waals surface area contributed by atoms with E-state index in [1.807, 2.05) is 15.9 Å². The number of aromatic nitrogens is 2. The Morgan fingerprint density at radius 1 is 1.11 bits per heavy atom. The second-order valence-corrected chi connectivity index (χ2v) is 9.50. The zero-order valence-electron chi connectivity index (χ0n) is 20.2. The van der Waals surface area contributed by atoms with E-state index in [4.69, 9.17) is 27.9 Å². The first-order valence-corrected chi connectivity index (χ1v) is 12.6. The van der Waals surface area contributed by atoms with Crippen molar-refractivity contribution in [2.45, 2.75) is 6.54 Å². The zero-order chi connectivity index (χ0) is 25.9. The summed E-state index contributed by atoms with van der Waals surface area (Å²) in [5.41, 5.74) is 2.47. The van der Waals surface area contributed by atoms with Gasteiger partial charge >= 0.3 is 0 Å². The molecule has 5 rings (SSSR count). The predicted octanol–water partition coefficient (Wildman–Crippen LogP) is 4.15. The molecule has 1 saturated heterocycles. The number of hydrogen-bond donors (Lipinski definition) is 3. The normalized spacial score (nSPS) is 15.1. The van der Waals surface area contributed by atoms with E-state index in [9.17, 15) is 9.18 Å². The summed E-state index contributed by atoms with van der Waals surface area (Å²) in [6, 6.07) is 9.88. The summed E-state index contributed by atoms with van der Waals surface area (Å²) in [4.78, 5) is 16.7. The van der Waals surface area contributed by atoms with Gasteiger partial charge in [0.2, 0.25) is 0 Å². The lowest BCUT2D eigenvalue weighted by atomic mass is 10.1. The van der Waals surface area contributed by atoms with Crippen molar-refractivity contribution in [3.63, 3.8) is 0 Å². The van der Waals surface area contributed by atoms with Crippen LogP contribution in [0.25, 0.3) is 0 Å². The van der Waals surface area contributed by atoms with Crippen LogP contribution in [0, 0.1) is 5.82 Å². The smallest absolute Gasteiger partial charge is 0.254 e. The molecule has 1 aromatic heterocycles. The topological polar surface area (TPSA) is 94.7 Å². The Kier molecular flexibility index (Phi) is 7.50. The molecular formula is C25H26Cl2FN7O2. The molecule has 9 nitrogen and oxygen atoms in total. The minimum absolute atomic E-state index is 0.00753. The fraction of sp³-hybridized carbons (Fsp3) is 0.320. The van der Waals surface area contributed by atoms with Crippen molar-refractivity contribution in [1.29, 1.82) is 0 Å². The van der Waals surface area contributed by atoms with Crippen LogP contribution in [-0.4, -0.2) is 67.4 Å². The molecule has 0 unspecified atom stereocenters. The van der Waals surface area contributed by atoms with Crippen LogP contribution in [0.1, 0.15) is 15.9 Å². The van der Waals surface area contributed by atoms with Gasteiger partial charge in [-0.1, -0.05) is 23.2 Å². The molecule has 0 atom stereocenters. The number of halogens is 3. The van der Waals surface area contributed by atoms with Gasteiger partial charge in [0.15, 0.2) is 11.6 Å². The largest absolute Gasteiger partial charge is 0.495 e. The SMILES string of the molecule is COc1cc(C(=O)N2CCNCC2)ccc1Nc1cc2c(nn1)NCCN2Cc1c(Cl)ccc(F)c1Cl. The van der Waals surface area contributed by atoms with Crippen molar-refractivity contribution >= 4 is 52.1 Å². The third-order valence-electron chi connectivity index (χ3n) is 6.39. The summed E-state index contributed by atoms with van der Waals surface area (Å²) in [5.74, 6) is 1.04. The van der Waals surface area contributed by atoms with Gasteiger partial charge in [-0.2, -0.15) is 0 Å². The van der Waals surface area contributed by atoms with Crippen LogP contribution < -0.4 is 25.6 Å². The van der Waals surface area contributed by atoms with Gasteiger partial charge in [-0.15, -0.1) is 10.2 Å². The van der Waals surface area contributed by atoms with Crippen LogP contribution in [0.2, 0.25) is 10.0 Å². The lowest BCUT2D eigenvalue weighted by molar-refractivity contribution is 0.0735. The zero-order valence-corrected chi connectivity index (χ0v) is 21.7. The Labute approximate surface area is 223 Å². The number of piperazine rings is 1. The number of benzene rings is 2. The van der Waals surface area contributed by atoms with Gasteiger partial charge in [0, 0.05) is 68.0 Å². The first kappa shape index (κ1) is 25.3. The summed E-state index contributed by atoms with van der Waals surface area (Å²) >= 11 is 12.5. The van der Waals surface area contributed by atoms with Gasteiger partial charge in [-0.05, 0) is 30.3 Å². The van der Waals surface area contributed by atoms with Gasteiger partial charge in [0.1, 0.15) is 11.6 Å². The Bertz CT molecular complexity index is 1320. The molecule has 0 aliphatic carbocycles. The predicted molar refractivity (Wildman–Crippen MR) is 143 cm³/mol. The second-order valence-electron chi connectivity index (χ2n) is 8.72. The van der Waals surface area contributed by atoms with Gasteiger partial charge in [-0.25, -0.2) is 4.39 Å². The highest BCUT2D eigenvalue weighted by molar-refractivity contribution is 6.36. The number of nitrogens with zero attached hydrogens (tertiary/aromatic N) is 4. The molecule has 37 heavy (non-hydrogen) atoms. The molecule has 3 heterocycles. The van der Waals surface area contributed by atoms with E-state index in [2.05, 4.69) is 26.1 Å². The first-order chi connectivity index (χ1) is 17.9. The van der Waals surface area contributed by atoms with Crippen LogP contribution >= 0.6 is 23.2 Å². The molecule has 0 saturated carbocycles. The molecule has 2 aliphatic rings. The summed E-state index contributed by atoms with van der Waals surface area (Å²) < 4.78 is 19.6. The Hall–Kier alpha value is -3.34. The van der Waals surface area contributed by atoms with E-state index in [1.165, 1.54) is 12.1 Å². The second kappa shape index (κ2) is 11.0. The lowest BCUT2D eigenvalue weighted by Gasteiger charge is -2.31. The summed E-state index contributed by atoms with van der Waals surface area (Å²) in [6.45, 7) is 4.47. The third-order valence-corrected chi connectivity index (χ3v) is 7.15. The quantitative estimate of drug-likeness (QED) is 0.397. The van der Waals surface area contributed by atoms with E-state index >= 15 is 0 Å². The van der Waals surface area contributed by atoms with Crippen LogP contribution in [-0.2, 0) is 6.54 Å². The summed E-state index contributed by atoms with van der Waals surface area (Å²) in [6.07, 6.45) is 0. The number of carbonyl (C=O) groups is 1. The van der Waals surface area contributed by atoms with Gasteiger partial charge in [-0.3, -0.25) is 4.79 Å². The standard InChI is InChI=1S/C25H26Cl2FN7O2/c1-37-21-12-15(25(36)34-9-6-29-7-10-34)2-5-19(21)31-22-13-20-24(33-32-22)30-8-11-35(20)14-16-17(26)3-4-18(28)23(16)27/h2-5,12-13,29H,6-11,14H2,1H3,(H,30,33)(H,31,32). The molecule has 1 amide bonds. The summed E-state index contributed by atoms with van der Waals surface area (Å²) in [7, 11) is 1.55. The van der Waals surface area contributed by atoms with E-state index in [1.54, 1.807) is 25.3 Å². The van der Waals surface area contributed by atoms with Crippen molar-refractivity contribution in [3.8, 4) is 5.75 Å². The number of nitrogens with one attached hydrogen (secondary N) is 3. The number of carbonyl (C=O) groups excluding carboxylic acids is 1. The van der Waals surface area contributed by atoms with Crippen molar-refractivity contribution in [2.75, 3.05) is 61.9 Å². The Morgan fingerprint density at radius 3 is 2.70 bits per heavy atom. The highest BCUT2D eigenvalue weighted by Crippen LogP contribution is 2.35. The fourth-order valence-corrected chi connectivity index (χ4v) is 4.91. The van der Waals surface area contributed by atoms with Crippen LogP contribution in [0.5, 0.6) is 5.75 Å². The Balaban J connectivity index is 1.38. The average molecular weight is 546 g/mol. The van der Waals surface area contributed by atoms with Crippen LogP contribution in [0.15, 0.2) is 36.4 Å². The highest BCUT2D eigenvalue weighted by Gasteiger charge is 2.23. The number of fused-ring (bicyclic) bond motifs is 1. The average Bonchev–Trinajstić information content (AvgIpc) is 2.93. The maximum Gasteiger partial charge on any atom is 0.254 e. The minimum atomic E-state index is -0.516. The van der Waals surface area contributed by atoms with Crippen molar-refractivity contribution in [1.82, 2.24) is 20.4 Å². The van der Waals surface area contributed by atoms with Crippen molar-refractivity contribution in [3.05, 3.63) is 63.4 Å². The van der Waals surface area contributed by atoms with Crippen molar-refractivity contribution < 1.29 is 13.9 Å². The molecule has 12 heteroatoms. The third kappa shape index (κ3) is 5.36. The minimum Gasteiger partial charge on any atom is -0.495 e. The number of methoxy groups -OCH3 is 1. The lowest BCUT2D eigenvalue weighted by Crippen LogP contribution is -2.46. The monoisotopic (exact) mass is 545 g/mol. The molecule has 194 valence electrons. The maximum absolute atomic E-state index is 14.1. The van der Waals surface area contributed by atoms with Gasteiger partial charge in [0.25, 0.3) is 5.91 Å². The maximum atomic E-state index is 14.1. The summed E-state index contributed by atoms with van der Waals surface area (Å²) in [5, 5.41) is 18.7. The molecule has 0 spiro atoms. The van der Waals surface area contributed by atoms with E-state index < -0.39 is 5.82 Å². The number of amides is 1. The van der Waals surface area contributed by atoms with E-state index in [0.29, 0.717) is 71.9 Å².